The molecule has 0 aliphatic heterocycles. The molecule has 0 aliphatic rings. The van der Waals surface area contributed by atoms with Gasteiger partial charge in [-0.2, -0.15) is 0 Å². The fourth-order valence-corrected chi connectivity index (χ4v) is 1.33. The molecule has 0 saturated heterocycles. The second-order valence-electron chi connectivity index (χ2n) is 2.94. The number of aryl methyl sites for hydroxylation is 1. The topological polar surface area (TPSA) is 20.2 Å². The van der Waals surface area contributed by atoms with E-state index in [1.807, 2.05) is 31.2 Å². The van der Waals surface area contributed by atoms with Crippen LogP contribution >= 0.6 is 15.9 Å². The third-order valence-electron chi connectivity index (χ3n) is 1.76. The molecule has 0 aliphatic carbocycles. The Bertz CT molecular complexity index is 305. The van der Waals surface area contributed by atoms with Gasteiger partial charge in [0.2, 0.25) is 0 Å². The Kier molecular flexibility index (Phi) is 4.03. The number of phenolic OH excluding ortho intramolecular Hbond substituents is 1. The number of aromatic hydroxyl groups is 1. The monoisotopic (exact) mass is 240 g/mol. The summed E-state index contributed by atoms with van der Waals surface area (Å²) in [6, 6.07) is 5.69. The summed E-state index contributed by atoms with van der Waals surface area (Å²) in [6.07, 6.45) is 4.96. The van der Waals surface area contributed by atoms with Crippen molar-refractivity contribution in [1.82, 2.24) is 0 Å². The van der Waals surface area contributed by atoms with Crippen LogP contribution in [0.25, 0.3) is 6.08 Å². The van der Waals surface area contributed by atoms with Gasteiger partial charge < -0.3 is 5.11 Å². The molecule has 1 nitrogen and oxygen atoms in total. The lowest BCUT2D eigenvalue weighted by Gasteiger charge is -1.99. The Morgan fingerprint density at radius 3 is 2.85 bits per heavy atom. The predicted molar refractivity (Wildman–Crippen MR) is 60.3 cm³/mol. The molecule has 0 atom stereocenters. The van der Waals surface area contributed by atoms with E-state index in [1.54, 1.807) is 6.07 Å². The van der Waals surface area contributed by atoms with Crippen LogP contribution in [0.15, 0.2) is 24.3 Å². The number of hydrogen-bond donors (Lipinski definition) is 1. The molecule has 1 N–H and O–H groups in total. The van der Waals surface area contributed by atoms with E-state index < -0.39 is 0 Å². The number of allylic oxidation sites excluding steroid dienone is 1. The zero-order valence-corrected chi connectivity index (χ0v) is 9.21. The van der Waals surface area contributed by atoms with E-state index in [2.05, 4.69) is 15.9 Å². The normalized spacial score (nSPS) is 10.9. The second-order valence-corrected chi connectivity index (χ2v) is 3.74. The van der Waals surface area contributed by atoms with E-state index in [4.69, 9.17) is 0 Å². The van der Waals surface area contributed by atoms with Crippen LogP contribution in [-0.4, -0.2) is 10.4 Å². The SMILES string of the molecule is Cc1ccc(C=CCCBr)c(O)c1. The molecule has 1 aromatic carbocycles. The largest absolute Gasteiger partial charge is 0.507 e. The van der Waals surface area contributed by atoms with Gasteiger partial charge in [0.15, 0.2) is 0 Å². The molecule has 0 radical (unpaired) electrons. The third-order valence-corrected chi connectivity index (χ3v) is 2.22. The van der Waals surface area contributed by atoms with Gasteiger partial charge in [0, 0.05) is 10.9 Å². The maximum atomic E-state index is 9.53. The highest BCUT2D eigenvalue weighted by atomic mass is 79.9. The molecule has 0 saturated carbocycles. The average Bonchev–Trinajstić information content (AvgIpc) is 2.09. The van der Waals surface area contributed by atoms with Crippen molar-refractivity contribution in [1.29, 1.82) is 0 Å². The van der Waals surface area contributed by atoms with Crippen LogP contribution in [0, 0.1) is 6.92 Å². The van der Waals surface area contributed by atoms with Crippen molar-refractivity contribution in [3.8, 4) is 5.75 Å². The van der Waals surface area contributed by atoms with E-state index in [0.29, 0.717) is 5.75 Å². The summed E-state index contributed by atoms with van der Waals surface area (Å²) in [6.45, 7) is 1.96. The fourth-order valence-electron chi connectivity index (χ4n) is 1.07. The van der Waals surface area contributed by atoms with Gasteiger partial charge in [-0.1, -0.05) is 40.2 Å². The zero-order valence-electron chi connectivity index (χ0n) is 7.63. The van der Waals surface area contributed by atoms with E-state index in [0.717, 1.165) is 22.9 Å². The Hall–Kier alpha value is -0.760. The third kappa shape index (κ3) is 3.23. The molecule has 0 heterocycles. The van der Waals surface area contributed by atoms with E-state index in [9.17, 15) is 5.11 Å². The van der Waals surface area contributed by atoms with Gasteiger partial charge in [-0.3, -0.25) is 0 Å². The van der Waals surface area contributed by atoms with Crippen LogP contribution in [0.4, 0.5) is 0 Å². The molecular weight excluding hydrogens is 228 g/mol. The molecule has 0 aromatic heterocycles. The molecule has 1 rings (SSSR count). The summed E-state index contributed by atoms with van der Waals surface area (Å²) in [5, 5.41) is 10.5. The van der Waals surface area contributed by atoms with Crippen molar-refractivity contribution < 1.29 is 5.11 Å². The lowest BCUT2D eigenvalue weighted by atomic mass is 10.1. The van der Waals surface area contributed by atoms with Crippen molar-refractivity contribution in [3.05, 3.63) is 35.4 Å². The standard InChI is InChI=1S/C11H13BrO/c1-9-5-6-10(11(13)8-9)4-2-3-7-12/h2,4-6,8,13H,3,7H2,1H3. The number of phenols is 1. The zero-order chi connectivity index (χ0) is 9.68. The first-order valence-electron chi connectivity index (χ1n) is 4.26. The lowest BCUT2D eigenvalue weighted by Crippen LogP contribution is -1.77. The summed E-state index contributed by atoms with van der Waals surface area (Å²) < 4.78 is 0. The fraction of sp³-hybridized carbons (Fsp3) is 0.273. The molecular formula is C11H13BrO. The summed E-state index contributed by atoms with van der Waals surface area (Å²) >= 11 is 3.34. The second kappa shape index (κ2) is 5.07. The van der Waals surface area contributed by atoms with Crippen molar-refractivity contribution in [2.24, 2.45) is 0 Å². The van der Waals surface area contributed by atoms with Gasteiger partial charge in [0.05, 0.1) is 0 Å². The summed E-state index contributed by atoms with van der Waals surface area (Å²) in [7, 11) is 0. The van der Waals surface area contributed by atoms with E-state index in [1.165, 1.54) is 0 Å². The number of halogens is 1. The number of alkyl halides is 1. The Balaban J connectivity index is 2.77. The Morgan fingerprint density at radius 1 is 1.46 bits per heavy atom. The highest BCUT2D eigenvalue weighted by molar-refractivity contribution is 9.09. The summed E-state index contributed by atoms with van der Waals surface area (Å²) in [5.74, 6) is 0.353. The van der Waals surface area contributed by atoms with Gasteiger partial charge in [-0.25, -0.2) is 0 Å². The molecule has 13 heavy (non-hydrogen) atoms. The summed E-state index contributed by atoms with van der Waals surface area (Å²) in [4.78, 5) is 0. The molecule has 0 amide bonds. The molecule has 1 aromatic rings. The number of benzene rings is 1. The summed E-state index contributed by atoms with van der Waals surface area (Å²) in [5.41, 5.74) is 1.96. The lowest BCUT2D eigenvalue weighted by molar-refractivity contribution is 0.473. The maximum absolute atomic E-state index is 9.53. The minimum absolute atomic E-state index is 0.353. The molecule has 2 heteroatoms. The van der Waals surface area contributed by atoms with Crippen LogP contribution < -0.4 is 0 Å². The molecule has 0 fully saturated rings. The minimum Gasteiger partial charge on any atom is -0.507 e. The van der Waals surface area contributed by atoms with Gasteiger partial charge in [-0.15, -0.1) is 0 Å². The van der Waals surface area contributed by atoms with Crippen LogP contribution in [0.2, 0.25) is 0 Å². The Morgan fingerprint density at radius 2 is 2.23 bits per heavy atom. The average molecular weight is 241 g/mol. The smallest absolute Gasteiger partial charge is 0.123 e. The molecule has 0 unspecified atom stereocenters. The molecule has 0 bridgehead atoms. The van der Waals surface area contributed by atoms with E-state index in [-0.39, 0.29) is 0 Å². The Labute approximate surface area is 87.2 Å². The predicted octanol–water partition coefficient (Wildman–Crippen LogP) is 3.50. The van der Waals surface area contributed by atoms with Gasteiger partial charge in [-0.05, 0) is 25.0 Å². The highest BCUT2D eigenvalue weighted by Crippen LogP contribution is 2.19. The minimum atomic E-state index is 0.353. The van der Waals surface area contributed by atoms with Crippen molar-refractivity contribution >= 4 is 22.0 Å². The van der Waals surface area contributed by atoms with Crippen LogP contribution in [0.3, 0.4) is 0 Å². The first-order chi connectivity index (χ1) is 6.24. The highest BCUT2D eigenvalue weighted by Gasteiger charge is 1.95. The number of hydrogen-bond acceptors (Lipinski definition) is 1. The molecule has 0 spiro atoms. The van der Waals surface area contributed by atoms with Gasteiger partial charge >= 0.3 is 0 Å². The first-order valence-corrected chi connectivity index (χ1v) is 5.38. The van der Waals surface area contributed by atoms with Crippen LogP contribution in [0.1, 0.15) is 17.5 Å². The van der Waals surface area contributed by atoms with Gasteiger partial charge in [0.25, 0.3) is 0 Å². The quantitative estimate of drug-likeness (QED) is 0.803. The van der Waals surface area contributed by atoms with Crippen LogP contribution in [-0.2, 0) is 0 Å². The van der Waals surface area contributed by atoms with Gasteiger partial charge in [0.1, 0.15) is 5.75 Å². The van der Waals surface area contributed by atoms with Crippen LogP contribution in [0.5, 0.6) is 5.75 Å². The number of rotatable bonds is 3. The van der Waals surface area contributed by atoms with E-state index >= 15 is 0 Å². The first kappa shape index (κ1) is 10.3. The van der Waals surface area contributed by atoms with Crippen molar-refractivity contribution in [3.63, 3.8) is 0 Å². The van der Waals surface area contributed by atoms with Crippen molar-refractivity contribution in [2.75, 3.05) is 5.33 Å². The molecule has 70 valence electrons. The maximum Gasteiger partial charge on any atom is 0.123 e. The van der Waals surface area contributed by atoms with Crippen molar-refractivity contribution in [2.45, 2.75) is 13.3 Å².